The van der Waals surface area contributed by atoms with Gasteiger partial charge in [-0.3, -0.25) is 14.8 Å². The Morgan fingerprint density at radius 2 is 2.28 bits per heavy atom. The summed E-state index contributed by atoms with van der Waals surface area (Å²) >= 11 is 2.16. The molecule has 0 fully saturated rings. The number of ether oxygens (including phenoxy) is 1. The molecule has 0 radical (unpaired) electrons. The van der Waals surface area contributed by atoms with Crippen molar-refractivity contribution in [3.8, 4) is 5.75 Å². The van der Waals surface area contributed by atoms with Crippen molar-refractivity contribution in [2.45, 2.75) is 6.54 Å². The summed E-state index contributed by atoms with van der Waals surface area (Å²) in [6.45, 7) is 0.473. The molecular formula is C11H10IN3O3. The van der Waals surface area contributed by atoms with Gasteiger partial charge < -0.3 is 4.74 Å². The van der Waals surface area contributed by atoms with Gasteiger partial charge in [0, 0.05) is 12.3 Å². The Labute approximate surface area is 117 Å². The van der Waals surface area contributed by atoms with E-state index < -0.39 is 4.92 Å². The highest BCUT2D eigenvalue weighted by molar-refractivity contribution is 14.1. The van der Waals surface area contributed by atoms with E-state index >= 15 is 0 Å². The van der Waals surface area contributed by atoms with Crippen LogP contribution in [0.25, 0.3) is 0 Å². The molecule has 18 heavy (non-hydrogen) atoms. The first-order chi connectivity index (χ1) is 8.58. The van der Waals surface area contributed by atoms with Crippen LogP contribution in [0.3, 0.4) is 0 Å². The second-order valence-corrected chi connectivity index (χ2v) is 4.90. The maximum atomic E-state index is 10.8. The van der Waals surface area contributed by atoms with Gasteiger partial charge in [-0.05, 0) is 34.2 Å². The van der Waals surface area contributed by atoms with Gasteiger partial charge in [0.1, 0.15) is 5.75 Å². The number of rotatable bonds is 4. The van der Waals surface area contributed by atoms with Crippen molar-refractivity contribution in [3.63, 3.8) is 0 Å². The predicted octanol–water partition coefficient (Wildman–Crippen LogP) is 2.45. The zero-order valence-corrected chi connectivity index (χ0v) is 11.7. The Bertz CT molecular complexity index is 583. The molecule has 94 valence electrons. The van der Waals surface area contributed by atoms with Crippen LogP contribution in [0.4, 0.5) is 5.69 Å². The van der Waals surface area contributed by atoms with Gasteiger partial charge in [-0.1, -0.05) is 0 Å². The average Bonchev–Trinajstić information content (AvgIpc) is 2.74. The molecule has 0 unspecified atom stereocenters. The van der Waals surface area contributed by atoms with Crippen molar-refractivity contribution in [1.82, 2.24) is 9.78 Å². The first-order valence-corrected chi connectivity index (χ1v) is 6.16. The van der Waals surface area contributed by atoms with E-state index in [1.165, 1.54) is 19.2 Å². The molecular weight excluding hydrogens is 349 g/mol. The van der Waals surface area contributed by atoms with Crippen LogP contribution in [0, 0.1) is 13.7 Å². The molecule has 1 aromatic heterocycles. The lowest BCUT2D eigenvalue weighted by Crippen LogP contribution is -2.01. The first-order valence-electron chi connectivity index (χ1n) is 5.09. The fourth-order valence-corrected chi connectivity index (χ4v) is 2.02. The van der Waals surface area contributed by atoms with Crippen molar-refractivity contribution >= 4 is 28.3 Å². The first kappa shape index (κ1) is 12.8. The fraction of sp³-hybridized carbons (Fsp3) is 0.182. The van der Waals surface area contributed by atoms with Crippen molar-refractivity contribution in [3.05, 3.63) is 49.8 Å². The number of nitro benzene ring substituents is 1. The van der Waals surface area contributed by atoms with E-state index in [-0.39, 0.29) is 5.69 Å². The summed E-state index contributed by atoms with van der Waals surface area (Å²) in [6.07, 6.45) is 3.60. The largest absolute Gasteiger partial charge is 0.496 e. The van der Waals surface area contributed by atoms with Crippen LogP contribution in [0.2, 0.25) is 0 Å². The number of halogens is 1. The number of methoxy groups -OCH3 is 1. The van der Waals surface area contributed by atoms with Crippen LogP contribution < -0.4 is 4.74 Å². The highest BCUT2D eigenvalue weighted by Crippen LogP contribution is 2.23. The van der Waals surface area contributed by atoms with Crippen LogP contribution >= 0.6 is 22.6 Å². The standard InChI is InChI=1S/C11H10IN3O3/c1-18-11-3-8(2-10(4-11)15(16)17)6-14-7-9(12)5-13-14/h2-5,7H,6H2,1H3. The Morgan fingerprint density at radius 3 is 2.83 bits per heavy atom. The molecule has 0 saturated carbocycles. The molecule has 6 nitrogen and oxygen atoms in total. The van der Waals surface area contributed by atoms with Gasteiger partial charge in [-0.25, -0.2) is 0 Å². The van der Waals surface area contributed by atoms with E-state index in [0.29, 0.717) is 12.3 Å². The van der Waals surface area contributed by atoms with Gasteiger partial charge in [-0.15, -0.1) is 0 Å². The number of aromatic nitrogens is 2. The van der Waals surface area contributed by atoms with Crippen LogP contribution in [-0.2, 0) is 6.54 Å². The SMILES string of the molecule is COc1cc(Cn2cc(I)cn2)cc([N+](=O)[O-])c1. The van der Waals surface area contributed by atoms with Gasteiger partial charge >= 0.3 is 0 Å². The Hall–Kier alpha value is -1.64. The third kappa shape index (κ3) is 2.97. The monoisotopic (exact) mass is 359 g/mol. The Balaban J connectivity index is 2.32. The summed E-state index contributed by atoms with van der Waals surface area (Å²) in [5, 5.41) is 14.9. The van der Waals surface area contributed by atoms with E-state index in [4.69, 9.17) is 4.74 Å². The topological polar surface area (TPSA) is 70.2 Å². The molecule has 0 spiro atoms. The summed E-state index contributed by atoms with van der Waals surface area (Å²) in [4.78, 5) is 10.4. The van der Waals surface area contributed by atoms with Crippen molar-refractivity contribution < 1.29 is 9.66 Å². The minimum Gasteiger partial charge on any atom is -0.496 e. The molecule has 0 aliphatic rings. The summed E-state index contributed by atoms with van der Waals surface area (Å²) in [5.74, 6) is 0.473. The summed E-state index contributed by atoms with van der Waals surface area (Å²) in [6, 6.07) is 4.69. The van der Waals surface area contributed by atoms with Gasteiger partial charge in [0.05, 0.1) is 34.4 Å². The predicted molar refractivity (Wildman–Crippen MR) is 73.7 cm³/mol. The molecule has 1 heterocycles. The normalized spacial score (nSPS) is 10.3. The number of nitrogens with zero attached hydrogens (tertiary/aromatic N) is 3. The molecule has 2 rings (SSSR count). The summed E-state index contributed by atoms with van der Waals surface area (Å²) in [7, 11) is 1.49. The molecule has 7 heteroatoms. The van der Waals surface area contributed by atoms with Gasteiger partial charge in [0.15, 0.2) is 0 Å². The maximum Gasteiger partial charge on any atom is 0.273 e. The molecule has 0 amide bonds. The minimum absolute atomic E-state index is 0.0196. The van der Waals surface area contributed by atoms with Crippen molar-refractivity contribution in [1.29, 1.82) is 0 Å². The van der Waals surface area contributed by atoms with Crippen molar-refractivity contribution in [2.24, 2.45) is 0 Å². The molecule has 0 saturated heterocycles. The van der Waals surface area contributed by atoms with Crippen LogP contribution in [0.5, 0.6) is 5.75 Å². The zero-order valence-electron chi connectivity index (χ0n) is 9.54. The fourth-order valence-electron chi connectivity index (χ4n) is 1.57. The third-order valence-corrected chi connectivity index (χ3v) is 2.90. The zero-order chi connectivity index (χ0) is 13.1. The quantitative estimate of drug-likeness (QED) is 0.478. The molecule has 2 aromatic rings. The molecule has 0 aliphatic carbocycles. The van der Waals surface area contributed by atoms with E-state index in [0.717, 1.165) is 9.13 Å². The maximum absolute atomic E-state index is 10.8. The molecule has 0 aliphatic heterocycles. The van der Waals surface area contributed by atoms with Gasteiger partial charge in [0.25, 0.3) is 5.69 Å². The Morgan fingerprint density at radius 1 is 1.50 bits per heavy atom. The Kier molecular flexibility index (Phi) is 3.80. The minimum atomic E-state index is -0.432. The molecule has 0 atom stereocenters. The van der Waals surface area contributed by atoms with Crippen molar-refractivity contribution in [2.75, 3.05) is 7.11 Å². The smallest absolute Gasteiger partial charge is 0.273 e. The van der Waals surface area contributed by atoms with E-state index in [9.17, 15) is 10.1 Å². The van der Waals surface area contributed by atoms with E-state index in [1.54, 1.807) is 16.9 Å². The van der Waals surface area contributed by atoms with Crippen LogP contribution in [-0.4, -0.2) is 21.8 Å². The van der Waals surface area contributed by atoms with Crippen LogP contribution in [0.15, 0.2) is 30.6 Å². The van der Waals surface area contributed by atoms with Gasteiger partial charge in [0.2, 0.25) is 0 Å². The van der Waals surface area contributed by atoms with E-state index in [2.05, 4.69) is 27.7 Å². The number of benzene rings is 1. The van der Waals surface area contributed by atoms with Crippen LogP contribution in [0.1, 0.15) is 5.56 Å². The number of hydrogen-bond donors (Lipinski definition) is 0. The lowest BCUT2D eigenvalue weighted by molar-refractivity contribution is -0.385. The molecule has 1 aromatic carbocycles. The number of nitro groups is 1. The van der Waals surface area contributed by atoms with Gasteiger partial charge in [-0.2, -0.15) is 5.10 Å². The summed E-state index contributed by atoms with van der Waals surface area (Å²) < 4.78 is 7.79. The average molecular weight is 359 g/mol. The third-order valence-electron chi connectivity index (χ3n) is 2.34. The van der Waals surface area contributed by atoms with E-state index in [1.807, 2.05) is 6.20 Å². The summed E-state index contributed by atoms with van der Waals surface area (Å²) in [5.41, 5.74) is 0.798. The molecule has 0 N–H and O–H groups in total. The highest BCUT2D eigenvalue weighted by Gasteiger charge is 2.10. The lowest BCUT2D eigenvalue weighted by Gasteiger charge is -2.05. The molecule has 0 bridgehead atoms. The lowest BCUT2D eigenvalue weighted by atomic mass is 10.2. The second-order valence-electron chi connectivity index (χ2n) is 3.65. The second kappa shape index (κ2) is 5.34. The number of non-ortho nitro benzene ring substituents is 1. The highest BCUT2D eigenvalue weighted by atomic mass is 127. The number of hydrogen-bond acceptors (Lipinski definition) is 4.